The van der Waals surface area contributed by atoms with E-state index in [0.717, 1.165) is 38.5 Å². The highest BCUT2D eigenvalue weighted by molar-refractivity contribution is 5.70. The first-order valence-corrected chi connectivity index (χ1v) is 37.4. The Hall–Kier alpha value is -1.62. The van der Waals surface area contributed by atoms with Gasteiger partial charge in [0.25, 0.3) is 0 Å². The number of rotatable bonds is 71. The second-order valence-electron chi connectivity index (χ2n) is 25.7. The normalized spacial score (nSPS) is 12.2. The van der Waals surface area contributed by atoms with Gasteiger partial charge in [0.15, 0.2) is 6.10 Å². The lowest BCUT2D eigenvalue weighted by Gasteiger charge is -2.15. The van der Waals surface area contributed by atoms with Gasteiger partial charge >= 0.3 is 11.9 Å². The zero-order chi connectivity index (χ0) is 58.4. The lowest BCUT2D eigenvalue weighted by Crippen LogP contribution is -2.28. The molecule has 0 aromatic heterocycles. The fourth-order valence-electron chi connectivity index (χ4n) is 11.9. The molecule has 0 bridgehead atoms. The third-order valence-corrected chi connectivity index (χ3v) is 17.5. The fourth-order valence-corrected chi connectivity index (χ4v) is 11.9. The number of carbonyl (C=O) groups is 2. The van der Waals surface area contributed by atoms with Crippen LogP contribution in [0.2, 0.25) is 0 Å². The number of aliphatic hydroxyl groups excluding tert-OH is 1. The predicted octanol–water partition coefficient (Wildman–Crippen LogP) is 25.9. The van der Waals surface area contributed by atoms with Gasteiger partial charge in [-0.15, -0.1) is 0 Å². The van der Waals surface area contributed by atoms with Crippen LogP contribution in [-0.4, -0.2) is 36.4 Å². The quantitative estimate of drug-likeness (QED) is 0.0373. The largest absolute Gasteiger partial charge is 0.462 e. The average Bonchev–Trinajstić information content (AvgIpc) is 3.47. The van der Waals surface area contributed by atoms with Crippen LogP contribution in [0.1, 0.15) is 431 Å². The molecule has 81 heavy (non-hydrogen) atoms. The molecule has 5 heteroatoms. The summed E-state index contributed by atoms with van der Waals surface area (Å²) in [6.45, 7) is 4.21. The number of hydrogen-bond acceptors (Lipinski definition) is 5. The van der Waals surface area contributed by atoms with Crippen LogP contribution in [0, 0.1) is 0 Å². The Balaban J connectivity index is 3.36. The number of unbranched alkanes of at least 4 members (excludes halogenated alkanes) is 59. The molecule has 0 amide bonds. The summed E-state index contributed by atoms with van der Waals surface area (Å²) in [4.78, 5) is 24.7. The number of aliphatic hydroxyl groups is 1. The molecule has 1 atom stereocenters. The average molecular weight is 1140 g/mol. The fraction of sp³-hybridized carbons (Fsp3) is 0.921. The summed E-state index contributed by atoms with van der Waals surface area (Å²) in [5.74, 6) is -0.560. The van der Waals surface area contributed by atoms with Crippen molar-refractivity contribution in [2.75, 3.05) is 13.2 Å². The summed E-state index contributed by atoms with van der Waals surface area (Å²) in [6.07, 6.45) is 95.3. The highest BCUT2D eigenvalue weighted by Gasteiger charge is 2.16. The summed E-state index contributed by atoms with van der Waals surface area (Å²) in [7, 11) is 0. The van der Waals surface area contributed by atoms with Crippen molar-refractivity contribution in [3.8, 4) is 0 Å². The van der Waals surface area contributed by atoms with Crippen LogP contribution >= 0.6 is 0 Å². The topological polar surface area (TPSA) is 72.8 Å². The molecule has 0 aliphatic heterocycles. The highest BCUT2D eigenvalue weighted by atomic mass is 16.6. The van der Waals surface area contributed by atoms with Crippen molar-refractivity contribution in [1.82, 2.24) is 0 Å². The van der Waals surface area contributed by atoms with Gasteiger partial charge in [-0.25, -0.2) is 0 Å². The Morgan fingerprint density at radius 2 is 0.494 bits per heavy atom. The SMILES string of the molecule is CCCCCCC/C=C\C/C=C\CCCCCCCCCCCCCCCCCCCCCCCCCCCC(=O)OC(CO)COC(=O)CCCCCCCCCCCCCCCCCCCCCCCCCCCCCCCC. The van der Waals surface area contributed by atoms with E-state index < -0.39 is 6.10 Å². The van der Waals surface area contributed by atoms with Gasteiger partial charge in [-0.2, -0.15) is 0 Å². The van der Waals surface area contributed by atoms with E-state index in [9.17, 15) is 14.7 Å². The summed E-state index contributed by atoms with van der Waals surface area (Å²) in [5.41, 5.74) is 0. The van der Waals surface area contributed by atoms with E-state index >= 15 is 0 Å². The third-order valence-electron chi connectivity index (χ3n) is 17.5. The zero-order valence-corrected chi connectivity index (χ0v) is 55.3. The zero-order valence-electron chi connectivity index (χ0n) is 55.3. The Kier molecular flexibility index (Phi) is 71.2. The molecule has 0 fully saturated rings. The second-order valence-corrected chi connectivity index (χ2v) is 25.7. The maximum Gasteiger partial charge on any atom is 0.306 e. The van der Waals surface area contributed by atoms with Crippen molar-refractivity contribution in [2.45, 2.75) is 437 Å². The summed E-state index contributed by atoms with van der Waals surface area (Å²) >= 11 is 0. The lowest BCUT2D eigenvalue weighted by molar-refractivity contribution is -0.161. The predicted molar refractivity (Wildman–Crippen MR) is 358 cm³/mol. The van der Waals surface area contributed by atoms with Gasteiger partial charge in [0.1, 0.15) is 6.61 Å². The van der Waals surface area contributed by atoms with Crippen LogP contribution in [0.15, 0.2) is 24.3 Å². The van der Waals surface area contributed by atoms with Crippen molar-refractivity contribution in [3.63, 3.8) is 0 Å². The molecule has 480 valence electrons. The minimum absolute atomic E-state index is 0.0569. The van der Waals surface area contributed by atoms with Crippen molar-refractivity contribution in [2.24, 2.45) is 0 Å². The molecule has 5 nitrogen and oxygen atoms in total. The maximum atomic E-state index is 12.4. The molecule has 0 aromatic carbocycles. The highest BCUT2D eigenvalue weighted by Crippen LogP contribution is 2.20. The van der Waals surface area contributed by atoms with Gasteiger partial charge in [-0.05, 0) is 44.9 Å². The van der Waals surface area contributed by atoms with E-state index in [0.29, 0.717) is 12.8 Å². The number of esters is 2. The van der Waals surface area contributed by atoms with Gasteiger partial charge in [0.2, 0.25) is 0 Å². The first kappa shape index (κ1) is 79.4. The Morgan fingerprint density at radius 1 is 0.284 bits per heavy atom. The number of hydrogen-bond donors (Lipinski definition) is 1. The van der Waals surface area contributed by atoms with E-state index in [-0.39, 0.29) is 25.2 Å². The van der Waals surface area contributed by atoms with E-state index in [1.807, 2.05) is 0 Å². The van der Waals surface area contributed by atoms with Gasteiger partial charge in [-0.3, -0.25) is 9.59 Å². The maximum absolute atomic E-state index is 12.4. The Labute approximate surface area is 508 Å². The van der Waals surface area contributed by atoms with Crippen molar-refractivity contribution < 1.29 is 24.2 Å². The Bertz CT molecular complexity index is 1240. The van der Waals surface area contributed by atoms with Gasteiger partial charge in [0, 0.05) is 12.8 Å². The molecule has 0 radical (unpaired) electrons. The lowest BCUT2D eigenvalue weighted by atomic mass is 10.0. The minimum atomic E-state index is -0.768. The molecule has 0 saturated heterocycles. The van der Waals surface area contributed by atoms with Crippen LogP contribution in [0.25, 0.3) is 0 Å². The molecule has 0 aliphatic carbocycles. The number of allylic oxidation sites excluding steroid dienone is 4. The van der Waals surface area contributed by atoms with Gasteiger partial charge in [0.05, 0.1) is 6.61 Å². The molecule has 0 rings (SSSR count). The molecular weight excluding hydrogens is 993 g/mol. The standard InChI is InChI=1S/C76H146O5/c1-3-5-7-9-11-13-15-17-19-21-23-25-27-29-31-33-35-36-37-38-39-40-41-43-45-47-49-51-53-55-57-59-61-63-65-67-69-71-76(79)81-74(72-77)73-80-75(78)70-68-66-64-62-60-58-56-54-52-50-48-46-44-42-34-32-30-28-26-24-22-20-18-16-14-12-10-8-6-4-2/h15,17,21,23,74,77H,3-14,16,18-20,22,24-73H2,1-2H3/b17-15-,23-21-. The Morgan fingerprint density at radius 3 is 0.728 bits per heavy atom. The summed E-state index contributed by atoms with van der Waals surface area (Å²) < 4.78 is 10.8. The van der Waals surface area contributed by atoms with Gasteiger partial charge < -0.3 is 14.6 Å². The third kappa shape index (κ3) is 70.8. The number of carbonyl (C=O) groups excluding carboxylic acids is 2. The van der Waals surface area contributed by atoms with Crippen LogP contribution < -0.4 is 0 Å². The monoisotopic (exact) mass is 1140 g/mol. The van der Waals surface area contributed by atoms with Crippen LogP contribution in [0.5, 0.6) is 0 Å². The van der Waals surface area contributed by atoms with E-state index in [1.54, 1.807) is 0 Å². The molecular formula is C76H146O5. The van der Waals surface area contributed by atoms with Crippen molar-refractivity contribution in [1.29, 1.82) is 0 Å². The summed E-state index contributed by atoms with van der Waals surface area (Å²) in [6, 6.07) is 0. The number of ether oxygens (including phenoxy) is 2. The molecule has 0 spiro atoms. The van der Waals surface area contributed by atoms with Crippen molar-refractivity contribution >= 4 is 11.9 Å². The van der Waals surface area contributed by atoms with Crippen LogP contribution in [0.3, 0.4) is 0 Å². The molecule has 1 N–H and O–H groups in total. The van der Waals surface area contributed by atoms with E-state index in [1.165, 1.54) is 366 Å². The first-order valence-electron chi connectivity index (χ1n) is 37.4. The summed E-state index contributed by atoms with van der Waals surface area (Å²) in [5, 5.41) is 9.71. The molecule has 0 aromatic rings. The molecule has 0 aliphatic rings. The molecule has 0 saturated carbocycles. The second kappa shape index (κ2) is 72.6. The molecule has 1 unspecified atom stereocenters. The van der Waals surface area contributed by atoms with E-state index in [2.05, 4.69) is 38.2 Å². The van der Waals surface area contributed by atoms with Crippen molar-refractivity contribution in [3.05, 3.63) is 24.3 Å². The minimum Gasteiger partial charge on any atom is -0.462 e. The van der Waals surface area contributed by atoms with Crippen LogP contribution in [0.4, 0.5) is 0 Å². The van der Waals surface area contributed by atoms with E-state index in [4.69, 9.17) is 9.47 Å². The first-order chi connectivity index (χ1) is 40.1. The van der Waals surface area contributed by atoms with Gasteiger partial charge in [-0.1, -0.05) is 398 Å². The van der Waals surface area contributed by atoms with Crippen LogP contribution in [-0.2, 0) is 19.1 Å². The smallest absolute Gasteiger partial charge is 0.306 e. The molecule has 0 heterocycles.